The van der Waals surface area contributed by atoms with E-state index in [1.54, 1.807) is 29.1 Å². The number of hydrogen-bond donors (Lipinski definition) is 1. The number of pyridine rings is 2. The smallest absolute Gasteiger partial charge is 0.226 e. The fourth-order valence-corrected chi connectivity index (χ4v) is 2.03. The second-order valence-corrected chi connectivity index (χ2v) is 4.65. The molecule has 0 saturated carbocycles. The highest BCUT2D eigenvalue weighted by atomic mass is 19.1. The second kappa shape index (κ2) is 5.70. The van der Waals surface area contributed by atoms with E-state index in [4.69, 9.17) is 0 Å². The average molecular weight is 284 g/mol. The third kappa shape index (κ3) is 3.22. The SMILES string of the molecule is O=C(Cc1cn2cc(F)ccc2n1)NCc1ccncc1. The first-order chi connectivity index (χ1) is 10.2. The Labute approximate surface area is 120 Å². The first-order valence-corrected chi connectivity index (χ1v) is 6.49. The van der Waals surface area contributed by atoms with Crippen LogP contribution in [0.15, 0.2) is 49.1 Å². The number of amides is 1. The van der Waals surface area contributed by atoms with Gasteiger partial charge in [0, 0.05) is 31.3 Å². The zero-order chi connectivity index (χ0) is 14.7. The third-order valence-corrected chi connectivity index (χ3v) is 3.05. The molecule has 3 rings (SSSR count). The Morgan fingerprint density at radius 2 is 2.00 bits per heavy atom. The van der Waals surface area contributed by atoms with Crippen molar-refractivity contribution in [2.45, 2.75) is 13.0 Å². The van der Waals surface area contributed by atoms with Gasteiger partial charge in [-0.2, -0.15) is 0 Å². The summed E-state index contributed by atoms with van der Waals surface area (Å²) in [5, 5.41) is 2.81. The maximum absolute atomic E-state index is 13.1. The summed E-state index contributed by atoms with van der Waals surface area (Å²) in [5.74, 6) is -0.468. The zero-order valence-electron chi connectivity index (χ0n) is 11.2. The van der Waals surface area contributed by atoms with Crippen molar-refractivity contribution in [1.82, 2.24) is 19.7 Å². The summed E-state index contributed by atoms with van der Waals surface area (Å²) in [6, 6.07) is 6.60. The van der Waals surface area contributed by atoms with E-state index in [-0.39, 0.29) is 18.1 Å². The lowest BCUT2D eigenvalue weighted by Crippen LogP contribution is -2.24. The number of imidazole rings is 1. The van der Waals surface area contributed by atoms with Crippen LogP contribution in [-0.2, 0) is 17.8 Å². The molecule has 0 unspecified atom stereocenters. The van der Waals surface area contributed by atoms with Gasteiger partial charge >= 0.3 is 0 Å². The normalized spacial score (nSPS) is 10.7. The van der Waals surface area contributed by atoms with Crippen molar-refractivity contribution in [2.75, 3.05) is 0 Å². The molecule has 21 heavy (non-hydrogen) atoms. The summed E-state index contributed by atoms with van der Waals surface area (Å²) in [4.78, 5) is 20.1. The van der Waals surface area contributed by atoms with Crippen LogP contribution < -0.4 is 5.32 Å². The molecule has 3 aromatic heterocycles. The standard InChI is InChI=1S/C15H13FN4O/c16-12-1-2-14-19-13(10-20(14)9-12)7-15(21)18-8-11-3-5-17-6-4-11/h1-6,9-10H,7-8H2,(H,18,21). The number of carbonyl (C=O) groups excluding carboxylic acids is 1. The van der Waals surface area contributed by atoms with E-state index in [2.05, 4.69) is 15.3 Å². The number of hydrogen-bond acceptors (Lipinski definition) is 3. The summed E-state index contributed by atoms with van der Waals surface area (Å²) in [7, 11) is 0. The van der Waals surface area contributed by atoms with Gasteiger partial charge in [0.1, 0.15) is 11.5 Å². The minimum absolute atomic E-state index is 0.129. The summed E-state index contributed by atoms with van der Waals surface area (Å²) in [6.45, 7) is 0.448. The number of carbonyl (C=O) groups is 1. The van der Waals surface area contributed by atoms with Crippen LogP contribution in [0.2, 0.25) is 0 Å². The molecule has 0 saturated heterocycles. The van der Waals surface area contributed by atoms with Crippen molar-refractivity contribution in [3.63, 3.8) is 0 Å². The molecule has 0 bridgehead atoms. The maximum atomic E-state index is 13.1. The molecule has 1 N–H and O–H groups in total. The lowest BCUT2D eigenvalue weighted by molar-refractivity contribution is -0.120. The average Bonchev–Trinajstić information content (AvgIpc) is 2.87. The molecule has 0 spiro atoms. The van der Waals surface area contributed by atoms with E-state index < -0.39 is 0 Å². The van der Waals surface area contributed by atoms with E-state index in [1.807, 2.05) is 12.1 Å². The molecule has 0 fully saturated rings. The van der Waals surface area contributed by atoms with Crippen molar-refractivity contribution in [1.29, 1.82) is 0 Å². The summed E-state index contributed by atoms with van der Waals surface area (Å²) in [5.41, 5.74) is 2.21. The Bertz CT molecular complexity index is 770. The lowest BCUT2D eigenvalue weighted by Gasteiger charge is -2.03. The van der Waals surface area contributed by atoms with Gasteiger partial charge in [-0.1, -0.05) is 0 Å². The van der Waals surface area contributed by atoms with Gasteiger partial charge in [-0.05, 0) is 29.8 Å². The van der Waals surface area contributed by atoms with E-state index in [1.165, 1.54) is 12.3 Å². The highest BCUT2D eigenvalue weighted by Gasteiger charge is 2.08. The molecule has 1 amide bonds. The largest absolute Gasteiger partial charge is 0.352 e. The number of aromatic nitrogens is 3. The molecule has 0 aliphatic heterocycles. The van der Waals surface area contributed by atoms with E-state index >= 15 is 0 Å². The summed E-state index contributed by atoms with van der Waals surface area (Å²) < 4.78 is 14.7. The van der Waals surface area contributed by atoms with Crippen LogP contribution in [0, 0.1) is 5.82 Å². The highest BCUT2D eigenvalue weighted by molar-refractivity contribution is 5.78. The molecule has 0 radical (unpaired) electrons. The summed E-state index contributed by atoms with van der Waals surface area (Å²) >= 11 is 0. The molecule has 0 aliphatic rings. The topological polar surface area (TPSA) is 59.3 Å². The lowest BCUT2D eigenvalue weighted by atomic mass is 10.2. The Morgan fingerprint density at radius 1 is 1.19 bits per heavy atom. The Kier molecular flexibility index (Phi) is 3.59. The quantitative estimate of drug-likeness (QED) is 0.793. The first kappa shape index (κ1) is 13.2. The van der Waals surface area contributed by atoms with Crippen LogP contribution >= 0.6 is 0 Å². The minimum atomic E-state index is -0.339. The molecular weight excluding hydrogens is 271 g/mol. The second-order valence-electron chi connectivity index (χ2n) is 4.65. The van der Waals surface area contributed by atoms with E-state index in [9.17, 15) is 9.18 Å². The molecule has 5 nitrogen and oxygen atoms in total. The Morgan fingerprint density at radius 3 is 2.81 bits per heavy atom. The number of nitrogens with one attached hydrogen (secondary N) is 1. The number of nitrogens with zero attached hydrogens (tertiary/aromatic N) is 3. The van der Waals surface area contributed by atoms with E-state index in [0.29, 0.717) is 17.9 Å². The van der Waals surface area contributed by atoms with Gasteiger partial charge in [0.25, 0.3) is 0 Å². The van der Waals surface area contributed by atoms with E-state index in [0.717, 1.165) is 5.56 Å². The molecule has 3 aromatic rings. The molecule has 0 aliphatic carbocycles. The summed E-state index contributed by atoms with van der Waals surface area (Å²) in [6.07, 6.45) is 6.51. The van der Waals surface area contributed by atoms with Gasteiger partial charge in [-0.3, -0.25) is 9.78 Å². The Balaban J connectivity index is 1.63. The van der Waals surface area contributed by atoms with Gasteiger partial charge in [0.05, 0.1) is 12.1 Å². The van der Waals surface area contributed by atoms with Crippen molar-refractivity contribution < 1.29 is 9.18 Å². The molecule has 106 valence electrons. The van der Waals surface area contributed by atoms with Gasteiger partial charge in [-0.25, -0.2) is 9.37 Å². The van der Waals surface area contributed by atoms with Crippen molar-refractivity contribution in [2.24, 2.45) is 0 Å². The van der Waals surface area contributed by atoms with Crippen LogP contribution in [0.4, 0.5) is 4.39 Å². The van der Waals surface area contributed by atoms with Crippen LogP contribution in [0.25, 0.3) is 5.65 Å². The van der Waals surface area contributed by atoms with Gasteiger partial charge in [-0.15, -0.1) is 0 Å². The maximum Gasteiger partial charge on any atom is 0.226 e. The monoisotopic (exact) mass is 284 g/mol. The van der Waals surface area contributed by atoms with Crippen LogP contribution in [0.5, 0.6) is 0 Å². The predicted octanol–water partition coefficient (Wildman–Crippen LogP) is 1.73. The van der Waals surface area contributed by atoms with Crippen LogP contribution in [0.3, 0.4) is 0 Å². The molecular formula is C15H13FN4O. The van der Waals surface area contributed by atoms with Crippen LogP contribution in [0.1, 0.15) is 11.3 Å². The van der Waals surface area contributed by atoms with Crippen molar-refractivity contribution in [3.05, 3.63) is 66.1 Å². The van der Waals surface area contributed by atoms with Crippen molar-refractivity contribution >= 4 is 11.6 Å². The third-order valence-electron chi connectivity index (χ3n) is 3.05. The minimum Gasteiger partial charge on any atom is -0.352 e. The molecule has 3 heterocycles. The first-order valence-electron chi connectivity index (χ1n) is 6.49. The highest BCUT2D eigenvalue weighted by Crippen LogP contribution is 2.07. The fraction of sp³-hybridized carbons (Fsp3) is 0.133. The Hall–Kier alpha value is -2.76. The number of rotatable bonds is 4. The van der Waals surface area contributed by atoms with Crippen molar-refractivity contribution in [3.8, 4) is 0 Å². The van der Waals surface area contributed by atoms with Gasteiger partial charge < -0.3 is 9.72 Å². The fourth-order valence-electron chi connectivity index (χ4n) is 2.03. The molecule has 6 heteroatoms. The van der Waals surface area contributed by atoms with Gasteiger partial charge in [0.15, 0.2) is 0 Å². The predicted molar refractivity (Wildman–Crippen MR) is 74.9 cm³/mol. The van der Waals surface area contributed by atoms with Gasteiger partial charge in [0.2, 0.25) is 5.91 Å². The van der Waals surface area contributed by atoms with Crippen LogP contribution in [-0.4, -0.2) is 20.3 Å². The zero-order valence-corrected chi connectivity index (χ0v) is 11.2. The number of fused-ring (bicyclic) bond motifs is 1. The molecule has 0 aromatic carbocycles. The molecule has 0 atom stereocenters. The number of halogens is 1.